The van der Waals surface area contributed by atoms with E-state index in [2.05, 4.69) is 61.0 Å². The number of guanidine groups is 1. The molecule has 1 N–H and O–H groups in total. The van der Waals surface area contributed by atoms with Gasteiger partial charge in [-0.15, -0.1) is 0 Å². The van der Waals surface area contributed by atoms with E-state index < -0.39 is 0 Å². The average molecular weight is 425 g/mol. The fourth-order valence-electron chi connectivity index (χ4n) is 4.98. The lowest BCUT2D eigenvalue weighted by Gasteiger charge is -2.40. The molecule has 1 aromatic heterocycles. The van der Waals surface area contributed by atoms with Crippen LogP contribution in [0, 0.1) is 5.92 Å². The molecule has 0 spiro atoms. The van der Waals surface area contributed by atoms with Gasteiger partial charge in [0.2, 0.25) is 0 Å². The Labute approximate surface area is 186 Å². The van der Waals surface area contributed by atoms with Gasteiger partial charge in [-0.25, -0.2) is 4.98 Å². The molecule has 0 saturated carbocycles. The smallest absolute Gasteiger partial charge is 0.193 e. The predicted molar refractivity (Wildman–Crippen MR) is 125 cm³/mol. The van der Waals surface area contributed by atoms with E-state index in [1.165, 1.54) is 18.4 Å². The van der Waals surface area contributed by atoms with Crippen molar-refractivity contribution in [1.29, 1.82) is 0 Å². The molecule has 3 atom stereocenters. The molecule has 3 heterocycles. The van der Waals surface area contributed by atoms with Crippen LogP contribution in [0.4, 0.5) is 0 Å². The van der Waals surface area contributed by atoms with E-state index in [0.29, 0.717) is 18.0 Å². The molecule has 0 aliphatic carbocycles. The highest BCUT2D eigenvalue weighted by Gasteiger charge is 2.30. The Morgan fingerprint density at radius 1 is 1.29 bits per heavy atom. The van der Waals surface area contributed by atoms with E-state index in [4.69, 9.17) is 4.74 Å². The number of hydrogen-bond donors (Lipinski definition) is 1. The number of imidazole rings is 1. The standard InChI is InChI=1S/C24H36N6O/c1-19-9-13-29(17-23(19)30-14-10-26-18-30)24(25-2)27-16-22(28-11-4-5-12-28)20-7-6-8-21(15-20)31-3/h6-8,10,14-15,18-19,22-23H,4-5,9,11-13,16-17H2,1-3H3,(H,25,27). The zero-order valence-corrected chi connectivity index (χ0v) is 19.1. The normalized spacial score (nSPS) is 23.7. The topological polar surface area (TPSA) is 57.9 Å². The fraction of sp³-hybridized carbons (Fsp3) is 0.583. The van der Waals surface area contributed by atoms with Crippen molar-refractivity contribution in [2.45, 2.75) is 38.3 Å². The van der Waals surface area contributed by atoms with Crippen molar-refractivity contribution in [2.24, 2.45) is 10.9 Å². The molecule has 0 bridgehead atoms. The van der Waals surface area contributed by atoms with Gasteiger partial charge in [0.25, 0.3) is 0 Å². The highest BCUT2D eigenvalue weighted by Crippen LogP contribution is 2.29. The number of likely N-dealkylation sites (tertiary alicyclic amines) is 2. The summed E-state index contributed by atoms with van der Waals surface area (Å²) in [6.45, 7) is 7.44. The molecule has 2 fully saturated rings. The first-order chi connectivity index (χ1) is 15.2. The number of piperidine rings is 1. The van der Waals surface area contributed by atoms with Gasteiger partial charge in [0, 0.05) is 39.1 Å². The minimum Gasteiger partial charge on any atom is -0.497 e. The monoisotopic (exact) mass is 424 g/mol. The van der Waals surface area contributed by atoms with E-state index in [9.17, 15) is 0 Å². The summed E-state index contributed by atoms with van der Waals surface area (Å²) < 4.78 is 7.73. The Kier molecular flexibility index (Phi) is 7.12. The number of hydrogen-bond acceptors (Lipinski definition) is 4. The van der Waals surface area contributed by atoms with Crippen molar-refractivity contribution in [3.63, 3.8) is 0 Å². The number of rotatable bonds is 6. The van der Waals surface area contributed by atoms with Crippen LogP contribution in [0.5, 0.6) is 5.75 Å². The third-order valence-corrected chi connectivity index (χ3v) is 6.85. The van der Waals surface area contributed by atoms with Crippen LogP contribution < -0.4 is 10.1 Å². The first-order valence-corrected chi connectivity index (χ1v) is 11.5. The minimum atomic E-state index is 0.308. The molecule has 1 aromatic carbocycles. The van der Waals surface area contributed by atoms with Crippen LogP contribution >= 0.6 is 0 Å². The van der Waals surface area contributed by atoms with Gasteiger partial charge in [-0.05, 0) is 56.0 Å². The van der Waals surface area contributed by atoms with Gasteiger partial charge in [-0.2, -0.15) is 0 Å². The van der Waals surface area contributed by atoms with Crippen molar-refractivity contribution in [1.82, 2.24) is 24.7 Å². The number of ether oxygens (including phenoxy) is 1. The van der Waals surface area contributed by atoms with Crippen molar-refractivity contribution < 1.29 is 4.74 Å². The Morgan fingerprint density at radius 2 is 2.13 bits per heavy atom. The lowest BCUT2D eigenvalue weighted by atomic mass is 9.93. The Bertz CT molecular complexity index is 846. The molecule has 168 valence electrons. The molecule has 3 unspecified atom stereocenters. The molecule has 0 radical (unpaired) electrons. The SMILES string of the molecule is CN=C(NCC(c1cccc(OC)c1)N1CCCC1)N1CCC(C)C(n2ccnc2)C1. The second-order valence-electron chi connectivity index (χ2n) is 8.75. The Balaban J connectivity index is 1.46. The van der Waals surface area contributed by atoms with E-state index >= 15 is 0 Å². The zero-order valence-electron chi connectivity index (χ0n) is 19.1. The van der Waals surface area contributed by atoms with E-state index in [0.717, 1.165) is 50.9 Å². The van der Waals surface area contributed by atoms with Crippen molar-refractivity contribution >= 4 is 5.96 Å². The van der Waals surface area contributed by atoms with Crippen LogP contribution in [0.2, 0.25) is 0 Å². The summed E-state index contributed by atoms with van der Waals surface area (Å²) in [4.78, 5) is 13.9. The van der Waals surface area contributed by atoms with Gasteiger partial charge in [-0.3, -0.25) is 9.89 Å². The third-order valence-electron chi connectivity index (χ3n) is 6.85. The largest absolute Gasteiger partial charge is 0.497 e. The number of nitrogens with zero attached hydrogens (tertiary/aromatic N) is 5. The van der Waals surface area contributed by atoms with E-state index in [-0.39, 0.29) is 0 Å². The van der Waals surface area contributed by atoms with Crippen molar-refractivity contribution in [2.75, 3.05) is 46.9 Å². The first kappa shape index (κ1) is 21.7. The maximum Gasteiger partial charge on any atom is 0.193 e. The highest BCUT2D eigenvalue weighted by molar-refractivity contribution is 5.80. The Hall–Kier alpha value is -2.54. The van der Waals surface area contributed by atoms with Gasteiger partial charge in [0.05, 0.1) is 25.5 Å². The molecule has 31 heavy (non-hydrogen) atoms. The van der Waals surface area contributed by atoms with Crippen molar-refractivity contribution in [3.8, 4) is 5.75 Å². The second-order valence-corrected chi connectivity index (χ2v) is 8.75. The summed E-state index contributed by atoms with van der Waals surface area (Å²) in [6, 6.07) is 9.22. The number of aliphatic imine (C=N–C) groups is 1. The van der Waals surface area contributed by atoms with Gasteiger partial charge < -0.3 is 19.5 Å². The molecule has 4 rings (SSSR count). The molecule has 2 aliphatic rings. The molecule has 7 heteroatoms. The maximum atomic E-state index is 5.49. The van der Waals surface area contributed by atoms with E-state index in [1.54, 1.807) is 7.11 Å². The van der Waals surface area contributed by atoms with Gasteiger partial charge in [-0.1, -0.05) is 19.1 Å². The van der Waals surface area contributed by atoms with Crippen LogP contribution in [0.25, 0.3) is 0 Å². The molecule has 2 aliphatic heterocycles. The summed E-state index contributed by atoms with van der Waals surface area (Å²) in [7, 11) is 3.63. The fourth-order valence-corrected chi connectivity index (χ4v) is 4.98. The number of benzene rings is 1. The van der Waals surface area contributed by atoms with Crippen molar-refractivity contribution in [3.05, 3.63) is 48.5 Å². The predicted octanol–water partition coefficient (Wildman–Crippen LogP) is 3.19. The summed E-state index contributed by atoms with van der Waals surface area (Å²) in [5, 5.41) is 3.70. The van der Waals surface area contributed by atoms with Crippen LogP contribution in [-0.2, 0) is 0 Å². The quantitative estimate of drug-likeness (QED) is 0.570. The minimum absolute atomic E-state index is 0.308. The lowest BCUT2D eigenvalue weighted by Crippen LogP contribution is -2.50. The molecular weight excluding hydrogens is 388 g/mol. The Morgan fingerprint density at radius 3 is 2.84 bits per heavy atom. The van der Waals surface area contributed by atoms with Gasteiger partial charge in [0.1, 0.15) is 5.75 Å². The first-order valence-electron chi connectivity index (χ1n) is 11.5. The molecule has 2 saturated heterocycles. The van der Waals surface area contributed by atoms with Crippen LogP contribution in [0.1, 0.15) is 43.8 Å². The molecule has 7 nitrogen and oxygen atoms in total. The molecular formula is C24H36N6O. The zero-order chi connectivity index (χ0) is 21.6. The lowest BCUT2D eigenvalue weighted by molar-refractivity contribution is 0.186. The summed E-state index contributed by atoms with van der Waals surface area (Å²) in [5.74, 6) is 2.53. The number of methoxy groups -OCH3 is 1. The molecule has 0 amide bonds. The van der Waals surface area contributed by atoms with Gasteiger partial charge >= 0.3 is 0 Å². The average Bonchev–Trinajstić information content (AvgIpc) is 3.52. The van der Waals surface area contributed by atoms with Crippen LogP contribution in [0.3, 0.4) is 0 Å². The second kappa shape index (κ2) is 10.2. The maximum absolute atomic E-state index is 5.49. The van der Waals surface area contributed by atoms with Gasteiger partial charge in [0.15, 0.2) is 5.96 Å². The summed E-state index contributed by atoms with van der Waals surface area (Å²) in [6.07, 6.45) is 9.57. The van der Waals surface area contributed by atoms with Crippen LogP contribution in [0.15, 0.2) is 48.0 Å². The third kappa shape index (κ3) is 5.03. The highest BCUT2D eigenvalue weighted by atomic mass is 16.5. The van der Waals surface area contributed by atoms with Crippen LogP contribution in [-0.4, -0.2) is 72.2 Å². The summed E-state index contributed by atoms with van der Waals surface area (Å²) >= 11 is 0. The summed E-state index contributed by atoms with van der Waals surface area (Å²) in [5.41, 5.74) is 1.30. The number of nitrogens with one attached hydrogen (secondary N) is 1. The molecule has 2 aromatic rings. The van der Waals surface area contributed by atoms with E-state index in [1.807, 2.05) is 25.6 Å². The number of aromatic nitrogens is 2.